The zero-order valence-corrected chi connectivity index (χ0v) is 16.3. The van der Waals surface area contributed by atoms with Gasteiger partial charge in [0.1, 0.15) is 18.8 Å². The minimum Gasteiger partial charge on any atom is -0.481 e. The van der Waals surface area contributed by atoms with Crippen LogP contribution in [0.15, 0.2) is 19.2 Å². The molecule has 148 valence electrons. The third-order valence-corrected chi connectivity index (χ3v) is 6.88. The molecule has 0 fully saturated rings. The van der Waals surface area contributed by atoms with E-state index >= 15 is 0 Å². The first-order chi connectivity index (χ1) is 13.0. The number of carbonyl (C=O) groups is 2. The van der Waals surface area contributed by atoms with Gasteiger partial charge >= 0.3 is 11.9 Å². The summed E-state index contributed by atoms with van der Waals surface area (Å²) in [7, 11) is 0. The van der Waals surface area contributed by atoms with Crippen LogP contribution in [0.1, 0.15) is 38.8 Å². The Morgan fingerprint density at radius 2 is 0.964 bits per heavy atom. The van der Waals surface area contributed by atoms with E-state index in [1.165, 1.54) is 13.8 Å². The van der Waals surface area contributed by atoms with Crippen LogP contribution in [0.5, 0.6) is 0 Å². The Morgan fingerprint density at radius 3 is 1.18 bits per heavy atom. The van der Waals surface area contributed by atoms with Gasteiger partial charge < -0.3 is 10.2 Å². The molecule has 2 unspecified atom stereocenters. The van der Waals surface area contributed by atoms with Crippen molar-refractivity contribution in [2.24, 2.45) is 0 Å². The van der Waals surface area contributed by atoms with E-state index in [2.05, 4.69) is 0 Å². The van der Waals surface area contributed by atoms with Crippen molar-refractivity contribution in [3.8, 4) is 0 Å². The fourth-order valence-electron chi connectivity index (χ4n) is 3.06. The molecule has 28 heavy (non-hydrogen) atoms. The van der Waals surface area contributed by atoms with Crippen LogP contribution < -0.4 is 22.2 Å². The number of hydrogen-bond donors (Lipinski definition) is 2. The summed E-state index contributed by atoms with van der Waals surface area (Å²) < 4.78 is 1.53. The maximum absolute atomic E-state index is 12.6. The standard InChI is InChI=1S/C16H14N2O8S2/c1-5(3-7(19)20)17-13(23)9-10(14(17)24)28-12-11(27-9)15(25)18(16(12)26)6(2)4-8(21)22/h5-6H,3-4H2,1-2H3,(H,19,20)(H,21,22). The SMILES string of the molecule is CC(CC(=O)O)n1c(=O)c2sc3c(=O)n(C(C)CC(=O)O)c(=O)c3sc2c1=O. The number of aliphatic carboxylic acids is 2. The van der Waals surface area contributed by atoms with E-state index in [0.717, 1.165) is 9.13 Å². The zero-order valence-electron chi connectivity index (χ0n) is 14.6. The summed E-state index contributed by atoms with van der Waals surface area (Å²) >= 11 is 1.39. The largest absolute Gasteiger partial charge is 0.481 e. The summed E-state index contributed by atoms with van der Waals surface area (Å²) in [4.78, 5) is 72.3. The molecule has 0 saturated carbocycles. The van der Waals surface area contributed by atoms with E-state index < -0.39 is 59.1 Å². The molecule has 2 atom stereocenters. The third kappa shape index (κ3) is 3.03. The van der Waals surface area contributed by atoms with Gasteiger partial charge in [-0.05, 0) is 13.8 Å². The summed E-state index contributed by atoms with van der Waals surface area (Å²) in [5, 5.41) is 17.8. The van der Waals surface area contributed by atoms with E-state index in [4.69, 9.17) is 10.2 Å². The Morgan fingerprint density at radius 1 is 0.714 bits per heavy atom. The van der Waals surface area contributed by atoms with Gasteiger partial charge in [0.25, 0.3) is 22.2 Å². The molecule has 0 aliphatic heterocycles. The van der Waals surface area contributed by atoms with Gasteiger partial charge in [0.05, 0.1) is 12.8 Å². The molecule has 3 heterocycles. The van der Waals surface area contributed by atoms with E-state index in [1.54, 1.807) is 0 Å². The Kier molecular flexibility index (Phi) is 4.93. The summed E-state index contributed by atoms with van der Waals surface area (Å²) in [5.74, 6) is -2.35. The minimum atomic E-state index is -1.17. The molecular formula is C16H14N2O8S2. The predicted molar refractivity (Wildman–Crippen MR) is 103 cm³/mol. The molecule has 3 rings (SSSR count). The molecule has 10 nitrogen and oxygen atoms in total. The highest BCUT2D eigenvalue weighted by molar-refractivity contribution is 7.36. The van der Waals surface area contributed by atoms with Crippen LogP contribution in [-0.2, 0) is 9.59 Å². The van der Waals surface area contributed by atoms with E-state index in [9.17, 15) is 28.8 Å². The lowest BCUT2D eigenvalue weighted by atomic mass is 10.2. The van der Waals surface area contributed by atoms with Crippen molar-refractivity contribution < 1.29 is 19.8 Å². The Bertz CT molecular complexity index is 1170. The highest BCUT2D eigenvalue weighted by atomic mass is 32.1. The lowest BCUT2D eigenvalue weighted by Gasteiger charge is -2.07. The Balaban J connectivity index is 2.31. The normalized spacial score (nSPS) is 13.8. The highest BCUT2D eigenvalue weighted by Gasteiger charge is 2.25. The number of carboxylic acids is 2. The molecule has 0 bridgehead atoms. The van der Waals surface area contributed by atoms with Crippen LogP contribution in [0.2, 0.25) is 0 Å². The van der Waals surface area contributed by atoms with Crippen molar-refractivity contribution in [3.63, 3.8) is 0 Å². The molecule has 12 heteroatoms. The van der Waals surface area contributed by atoms with Crippen LogP contribution in [0.25, 0.3) is 18.8 Å². The maximum Gasteiger partial charge on any atom is 0.305 e. The number of rotatable bonds is 6. The summed E-state index contributed by atoms with van der Waals surface area (Å²) in [5.41, 5.74) is -2.85. The van der Waals surface area contributed by atoms with Gasteiger partial charge in [-0.2, -0.15) is 0 Å². The average Bonchev–Trinajstić information content (AvgIpc) is 2.97. The van der Waals surface area contributed by atoms with Crippen LogP contribution in [0.4, 0.5) is 0 Å². The molecule has 0 radical (unpaired) electrons. The smallest absolute Gasteiger partial charge is 0.305 e. The van der Waals surface area contributed by atoms with E-state index in [-0.39, 0.29) is 18.8 Å². The molecule has 0 amide bonds. The molecule has 0 aliphatic rings. The van der Waals surface area contributed by atoms with Gasteiger partial charge in [0, 0.05) is 12.1 Å². The molecule has 2 N–H and O–H groups in total. The monoisotopic (exact) mass is 426 g/mol. The van der Waals surface area contributed by atoms with Gasteiger partial charge in [-0.15, -0.1) is 22.7 Å². The van der Waals surface area contributed by atoms with Crippen molar-refractivity contribution in [2.45, 2.75) is 38.8 Å². The summed E-state index contributed by atoms with van der Waals surface area (Å²) in [6.45, 7) is 2.84. The molecule has 3 aromatic rings. The van der Waals surface area contributed by atoms with Crippen molar-refractivity contribution in [1.82, 2.24) is 9.13 Å². The highest BCUT2D eigenvalue weighted by Crippen LogP contribution is 2.27. The van der Waals surface area contributed by atoms with Gasteiger partial charge in [0.15, 0.2) is 0 Å². The fourth-order valence-corrected chi connectivity index (χ4v) is 5.43. The number of nitrogens with zero attached hydrogens (tertiary/aromatic N) is 2. The van der Waals surface area contributed by atoms with Crippen LogP contribution in [0, 0.1) is 0 Å². The molecule has 0 aliphatic carbocycles. The number of aromatic nitrogens is 2. The van der Waals surface area contributed by atoms with Gasteiger partial charge in [-0.3, -0.25) is 37.9 Å². The Labute approximate surface area is 162 Å². The quantitative estimate of drug-likeness (QED) is 0.583. The average molecular weight is 426 g/mol. The van der Waals surface area contributed by atoms with Gasteiger partial charge in [0.2, 0.25) is 0 Å². The van der Waals surface area contributed by atoms with E-state index in [1.807, 2.05) is 0 Å². The first-order valence-corrected chi connectivity index (χ1v) is 9.71. The van der Waals surface area contributed by atoms with Crippen molar-refractivity contribution in [2.75, 3.05) is 0 Å². The van der Waals surface area contributed by atoms with Crippen molar-refractivity contribution in [1.29, 1.82) is 0 Å². The summed E-state index contributed by atoms with van der Waals surface area (Å²) in [6, 6.07) is -1.78. The van der Waals surface area contributed by atoms with Crippen LogP contribution in [0.3, 0.4) is 0 Å². The second-order valence-electron chi connectivity index (χ2n) is 6.38. The molecule has 0 aromatic carbocycles. The number of fused-ring (bicyclic) bond motifs is 2. The van der Waals surface area contributed by atoms with Crippen molar-refractivity contribution in [3.05, 3.63) is 41.4 Å². The van der Waals surface area contributed by atoms with Gasteiger partial charge in [-0.25, -0.2) is 0 Å². The fraction of sp³-hybridized carbons (Fsp3) is 0.375. The second kappa shape index (κ2) is 6.95. The Hall–Kier alpha value is -2.86. The minimum absolute atomic E-state index is 0.0279. The molecule has 3 aromatic heterocycles. The van der Waals surface area contributed by atoms with Crippen LogP contribution >= 0.6 is 22.7 Å². The molecule has 0 spiro atoms. The van der Waals surface area contributed by atoms with Crippen molar-refractivity contribution >= 4 is 53.4 Å². The topological polar surface area (TPSA) is 153 Å². The van der Waals surface area contributed by atoms with Gasteiger partial charge in [-0.1, -0.05) is 0 Å². The third-order valence-electron chi connectivity index (χ3n) is 4.29. The number of carboxylic acid groups (broad SMARTS) is 2. The first kappa shape index (κ1) is 19.9. The maximum atomic E-state index is 12.6. The number of hydrogen-bond acceptors (Lipinski definition) is 8. The molecular weight excluding hydrogens is 412 g/mol. The van der Waals surface area contributed by atoms with E-state index in [0.29, 0.717) is 22.7 Å². The molecule has 0 saturated heterocycles. The predicted octanol–water partition coefficient (Wildman–Crippen LogP) is 0.669. The summed E-state index contributed by atoms with van der Waals surface area (Å²) in [6.07, 6.45) is -0.863. The van der Waals surface area contributed by atoms with Crippen LogP contribution in [-0.4, -0.2) is 31.3 Å². The zero-order chi connectivity index (χ0) is 20.9. The second-order valence-corrected chi connectivity index (χ2v) is 8.42. The first-order valence-electron chi connectivity index (χ1n) is 8.08. The lowest BCUT2D eigenvalue weighted by Crippen LogP contribution is -2.30. The lowest BCUT2D eigenvalue weighted by molar-refractivity contribution is -0.138.